The summed E-state index contributed by atoms with van der Waals surface area (Å²) < 4.78 is 0.929. The summed E-state index contributed by atoms with van der Waals surface area (Å²) >= 11 is 1.48. The predicted molar refractivity (Wildman–Crippen MR) is 81.6 cm³/mol. The van der Waals surface area contributed by atoms with E-state index in [0.29, 0.717) is 11.3 Å². The Balaban J connectivity index is 1.93. The van der Waals surface area contributed by atoms with Gasteiger partial charge < -0.3 is 10.1 Å². The van der Waals surface area contributed by atoms with Crippen molar-refractivity contribution in [1.82, 2.24) is 15.0 Å². The largest absolute Gasteiger partial charge is 0.493 e. The van der Waals surface area contributed by atoms with Crippen molar-refractivity contribution in [2.75, 3.05) is 0 Å². The molecule has 3 aromatic heterocycles. The molecule has 0 spiro atoms. The Morgan fingerprint density at radius 2 is 1.95 bits per heavy atom. The molecule has 4 rings (SSSR count). The van der Waals surface area contributed by atoms with Crippen molar-refractivity contribution in [2.45, 2.75) is 0 Å². The molecule has 0 aliphatic carbocycles. The summed E-state index contributed by atoms with van der Waals surface area (Å²) in [7, 11) is 0. The third-order valence-corrected chi connectivity index (χ3v) is 3.95. The third kappa shape index (κ3) is 1.95. The molecule has 0 aliphatic rings. The van der Waals surface area contributed by atoms with Crippen LogP contribution in [0.3, 0.4) is 0 Å². The molecule has 0 bridgehead atoms. The second-order valence-corrected chi connectivity index (χ2v) is 5.26. The standard InChI is InChI=1S/C14H9N5OS/c20-14-11(19-18-8-4-2-1-3-5-8)10-12-9(16-7-21-12)6-15-13(10)17-14/h1-7,20H,(H,15,17). The number of aromatic amines is 1. The lowest BCUT2D eigenvalue weighted by Gasteiger charge is -1.93. The van der Waals surface area contributed by atoms with E-state index in [4.69, 9.17) is 0 Å². The summed E-state index contributed by atoms with van der Waals surface area (Å²) in [5.41, 5.74) is 4.20. The zero-order valence-corrected chi connectivity index (χ0v) is 11.5. The van der Waals surface area contributed by atoms with Crippen molar-refractivity contribution in [3.8, 4) is 5.88 Å². The summed E-state index contributed by atoms with van der Waals surface area (Å²) in [5.74, 6) is -0.0434. The maximum absolute atomic E-state index is 10.0. The van der Waals surface area contributed by atoms with Gasteiger partial charge in [0, 0.05) is 0 Å². The number of hydrogen-bond donors (Lipinski definition) is 2. The quantitative estimate of drug-likeness (QED) is 0.541. The van der Waals surface area contributed by atoms with E-state index < -0.39 is 0 Å². The van der Waals surface area contributed by atoms with Gasteiger partial charge in [-0.2, -0.15) is 5.11 Å². The van der Waals surface area contributed by atoms with Crippen LogP contribution < -0.4 is 0 Å². The topological polar surface area (TPSA) is 86.5 Å². The van der Waals surface area contributed by atoms with Crippen LogP contribution >= 0.6 is 11.3 Å². The smallest absolute Gasteiger partial charge is 0.219 e. The van der Waals surface area contributed by atoms with Crippen LogP contribution in [-0.4, -0.2) is 20.1 Å². The molecule has 3 heterocycles. The van der Waals surface area contributed by atoms with Crippen LogP contribution in [0.15, 0.2) is 52.3 Å². The highest BCUT2D eigenvalue weighted by molar-refractivity contribution is 7.17. The maximum atomic E-state index is 10.0. The molecule has 0 saturated carbocycles. The second kappa shape index (κ2) is 4.64. The third-order valence-electron chi connectivity index (χ3n) is 3.09. The predicted octanol–water partition coefficient (Wildman–Crippen LogP) is 4.29. The molecule has 2 N–H and O–H groups in total. The van der Waals surface area contributed by atoms with E-state index in [-0.39, 0.29) is 5.88 Å². The first-order chi connectivity index (χ1) is 10.3. The number of aromatic hydroxyl groups is 1. The number of rotatable bonds is 2. The first-order valence-electron chi connectivity index (χ1n) is 6.22. The minimum Gasteiger partial charge on any atom is -0.493 e. The maximum Gasteiger partial charge on any atom is 0.219 e. The van der Waals surface area contributed by atoms with Gasteiger partial charge in [0.05, 0.1) is 27.5 Å². The number of azo groups is 1. The van der Waals surface area contributed by atoms with E-state index >= 15 is 0 Å². The first kappa shape index (κ1) is 12.0. The zero-order valence-electron chi connectivity index (χ0n) is 10.7. The number of hydrogen-bond acceptors (Lipinski definition) is 6. The highest BCUT2D eigenvalue weighted by atomic mass is 32.1. The summed E-state index contributed by atoms with van der Waals surface area (Å²) in [6, 6.07) is 9.36. The minimum atomic E-state index is -0.0434. The number of benzene rings is 1. The van der Waals surface area contributed by atoms with Crippen LogP contribution in [0.25, 0.3) is 21.3 Å². The number of pyridine rings is 1. The summed E-state index contributed by atoms with van der Waals surface area (Å²) in [5, 5.41) is 19.1. The zero-order chi connectivity index (χ0) is 14.2. The van der Waals surface area contributed by atoms with E-state index in [1.165, 1.54) is 11.3 Å². The number of fused-ring (bicyclic) bond motifs is 3. The van der Waals surface area contributed by atoms with Gasteiger partial charge in [-0.05, 0) is 12.1 Å². The van der Waals surface area contributed by atoms with Gasteiger partial charge >= 0.3 is 0 Å². The van der Waals surface area contributed by atoms with Gasteiger partial charge in [0.1, 0.15) is 11.2 Å². The SMILES string of the molecule is Oc1[nH]c2ncc3ncsc3c2c1N=Nc1ccccc1. The highest BCUT2D eigenvalue weighted by Crippen LogP contribution is 2.40. The normalized spacial score (nSPS) is 11.8. The first-order valence-corrected chi connectivity index (χ1v) is 7.10. The van der Waals surface area contributed by atoms with E-state index in [1.807, 2.05) is 30.3 Å². The minimum absolute atomic E-state index is 0.0434. The summed E-state index contributed by atoms with van der Waals surface area (Å²) in [6.45, 7) is 0. The molecule has 0 amide bonds. The Morgan fingerprint density at radius 3 is 2.81 bits per heavy atom. The molecule has 0 unspecified atom stereocenters. The van der Waals surface area contributed by atoms with Crippen LogP contribution in [-0.2, 0) is 0 Å². The number of nitrogens with zero attached hydrogens (tertiary/aromatic N) is 4. The van der Waals surface area contributed by atoms with Gasteiger partial charge in [-0.15, -0.1) is 16.5 Å². The molecule has 1 aromatic carbocycles. The second-order valence-electron chi connectivity index (χ2n) is 4.41. The molecule has 4 aromatic rings. The van der Waals surface area contributed by atoms with Gasteiger partial charge in [-0.1, -0.05) is 18.2 Å². The van der Waals surface area contributed by atoms with Gasteiger partial charge in [0.2, 0.25) is 5.88 Å². The van der Waals surface area contributed by atoms with Gasteiger partial charge in [-0.3, -0.25) is 0 Å². The van der Waals surface area contributed by atoms with Gasteiger partial charge in [-0.25, -0.2) is 9.97 Å². The fraction of sp³-hybridized carbons (Fsp3) is 0. The van der Waals surface area contributed by atoms with Crippen molar-refractivity contribution in [1.29, 1.82) is 0 Å². The average molecular weight is 295 g/mol. The van der Waals surface area contributed by atoms with Gasteiger partial charge in [0.25, 0.3) is 0 Å². The van der Waals surface area contributed by atoms with E-state index in [2.05, 4.69) is 25.2 Å². The Kier molecular flexibility index (Phi) is 2.65. The monoisotopic (exact) mass is 295 g/mol. The highest BCUT2D eigenvalue weighted by Gasteiger charge is 2.16. The molecular weight excluding hydrogens is 286 g/mol. The fourth-order valence-electron chi connectivity index (χ4n) is 2.14. The Bertz CT molecular complexity index is 957. The molecule has 7 heteroatoms. The van der Waals surface area contributed by atoms with Crippen LogP contribution in [0.1, 0.15) is 0 Å². The van der Waals surface area contributed by atoms with Crippen molar-refractivity contribution >= 4 is 44.0 Å². The molecule has 102 valence electrons. The molecular formula is C14H9N5OS. The van der Waals surface area contributed by atoms with Crippen LogP contribution in [0.5, 0.6) is 5.88 Å². The lowest BCUT2D eigenvalue weighted by atomic mass is 10.3. The van der Waals surface area contributed by atoms with E-state index in [1.54, 1.807) is 11.7 Å². The van der Waals surface area contributed by atoms with Crippen LogP contribution in [0.2, 0.25) is 0 Å². The van der Waals surface area contributed by atoms with Crippen molar-refractivity contribution < 1.29 is 5.11 Å². The number of aromatic nitrogens is 3. The number of nitrogens with one attached hydrogen (secondary N) is 1. The number of H-pyrrole nitrogens is 1. The van der Waals surface area contributed by atoms with E-state index in [0.717, 1.165) is 21.3 Å². The van der Waals surface area contributed by atoms with Crippen molar-refractivity contribution in [3.05, 3.63) is 42.0 Å². The van der Waals surface area contributed by atoms with Crippen LogP contribution in [0, 0.1) is 0 Å². The molecule has 0 fully saturated rings. The lowest BCUT2D eigenvalue weighted by molar-refractivity contribution is 0.459. The molecule has 0 saturated heterocycles. The van der Waals surface area contributed by atoms with E-state index in [9.17, 15) is 5.11 Å². The van der Waals surface area contributed by atoms with Crippen molar-refractivity contribution in [3.63, 3.8) is 0 Å². The Morgan fingerprint density at radius 1 is 1.10 bits per heavy atom. The number of thiazole rings is 1. The molecule has 21 heavy (non-hydrogen) atoms. The van der Waals surface area contributed by atoms with Crippen LogP contribution in [0.4, 0.5) is 11.4 Å². The average Bonchev–Trinajstić information content (AvgIpc) is 3.09. The lowest BCUT2D eigenvalue weighted by Crippen LogP contribution is -1.76. The molecule has 0 aliphatic heterocycles. The summed E-state index contributed by atoms with van der Waals surface area (Å²) in [6.07, 6.45) is 1.67. The van der Waals surface area contributed by atoms with Gasteiger partial charge in [0.15, 0.2) is 5.69 Å². The molecule has 0 radical (unpaired) electrons. The molecule has 6 nitrogen and oxygen atoms in total. The fourth-order valence-corrected chi connectivity index (χ4v) is 2.94. The van der Waals surface area contributed by atoms with Crippen molar-refractivity contribution in [2.24, 2.45) is 10.2 Å². The Labute approximate surface area is 122 Å². The molecule has 0 atom stereocenters. The summed E-state index contributed by atoms with van der Waals surface area (Å²) in [4.78, 5) is 11.3. The Hall–Kier alpha value is -2.80.